The lowest BCUT2D eigenvalue weighted by Gasteiger charge is -2.28. The molecule has 0 bridgehead atoms. The predicted octanol–water partition coefficient (Wildman–Crippen LogP) is 5.07. The van der Waals surface area contributed by atoms with Gasteiger partial charge in [-0.1, -0.05) is 61.5 Å². The average Bonchev–Trinajstić information content (AvgIpc) is 3.37. The Bertz CT molecular complexity index is 1340. The molecule has 0 spiro atoms. The fraction of sp³-hybridized carbons (Fsp3) is 0.290. The largest absolute Gasteiger partial charge is 0.496 e. The van der Waals surface area contributed by atoms with Gasteiger partial charge in [0.15, 0.2) is 6.61 Å². The zero-order valence-corrected chi connectivity index (χ0v) is 22.1. The van der Waals surface area contributed by atoms with E-state index < -0.39 is 0 Å². The van der Waals surface area contributed by atoms with E-state index in [4.69, 9.17) is 9.47 Å². The molecular formula is C31H35N3O4. The van der Waals surface area contributed by atoms with Crippen LogP contribution in [0.2, 0.25) is 0 Å². The Hall–Kier alpha value is -4.26. The lowest BCUT2D eigenvalue weighted by atomic mass is 10.1. The summed E-state index contributed by atoms with van der Waals surface area (Å²) in [4.78, 5) is 33.4. The standard InChI is InChI=1S/C31H35N3O4/c1-3-18-33(31(36)23-38-26-12-5-4-6-13-26)22-30(35)34(21-25-11-7-10-16-29(25)37-2)19-17-24-20-32-28-15-9-8-14-27(24)28/h4-16,20,32H,3,17-19,21-23H2,1-2H3. The molecule has 0 saturated heterocycles. The van der Waals surface area contributed by atoms with E-state index in [1.807, 2.05) is 90.8 Å². The molecule has 1 heterocycles. The molecule has 0 atom stereocenters. The SMILES string of the molecule is CCCN(CC(=O)N(CCc1c[nH]c2ccccc12)Cc1ccccc1OC)C(=O)COc1ccccc1. The van der Waals surface area contributed by atoms with Gasteiger partial charge in [-0.05, 0) is 42.7 Å². The fourth-order valence-corrected chi connectivity index (χ4v) is 4.50. The summed E-state index contributed by atoms with van der Waals surface area (Å²) in [5.74, 6) is 1.03. The molecule has 4 rings (SSSR count). The van der Waals surface area contributed by atoms with Crippen LogP contribution >= 0.6 is 0 Å². The lowest BCUT2D eigenvalue weighted by molar-refractivity contribution is -0.142. The van der Waals surface area contributed by atoms with Gasteiger partial charge >= 0.3 is 0 Å². The average molecular weight is 514 g/mol. The molecule has 198 valence electrons. The molecule has 0 aliphatic rings. The molecular weight excluding hydrogens is 478 g/mol. The molecule has 0 radical (unpaired) electrons. The quantitative estimate of drug-likeness (QED) is 0.271. The van der Waals surface area contributed by atoms with Crippen molar-refractivity contribution in [3.05, 3.63) is 96.2 Å². The fourth-order valence-electron chi connectivity index (χ4n) is 4.50. The van der Waals surface area contributed by atoms with E-state index in [1.165, 1.54) is 0 Å². The second kappa shape index (κ2) is 13.3. The molecule has 4 aromatic rings. The number of para-hydroxylation sites is 3. The van der Waals surface area contributed by atoms with E-state index in [0.29, 0.717) is 31.8 Å². The number of aromatic amines is 1. The molecule has 0 fully saturated rings. The van der Waals surface area contributed by atoms with Crippen molar-refractivity contribution in [2.45, 2.75) is 26.3 Å². The van der Waals surface area contributed by atoms with Gasteiger partial charge in [-0.25, -0.2) is 0 Å². The van der Waals surface area contributed by atoms with Gasteiger partial charge in [0.25, 0.3) is 5.91 Å². The third-order valence-electron chi connectivity index (χ3n) is 6.51. The summed E-state index contributed by atoms with van der Waals surface area (Å²) >= 11 is 0. The lowest BCUT2D eigenvalue weighted by Crippen LogP contribution is -2.45. The molecule has 7 nitrogen and oxygen atoms in total. The molecule has 38 heavy (non-hydrogen) atoms. The number of ether oxygens (including phenoxy) is 2. The van der Waals surface area contributed by atoms with E-state index in [-0.39, 0.29) is 25.0 Å². The maximum atomic E-state index is 13.7. The van der Waals surface area contributed by atoms with Crippen molar-refractivity contribution in [3.8, 4) is 11.5 Å². The zero-order valence-electron chi connectivity index (χ0n) is 22.1. The van der Waals surface area contributed by atoms with Crippen LogP contribution in [0.25, 0.3) is 10.9 Å². The van der Waals surface area contributed by atoms with Gasteiger partial charge in [0.05, 0.1) is 13.7 Å². The van der Waals surface area contributed by atoms with Gasteiger partial charge in [-0.15, -0.1) is 0 Å². The van der Waals surface area contributed by atoms with Crippen molar-refractivity contribution >= 4 is 22.7 Å². The van der Waals surface area contributed by atoms with E-state index in [1.54, 1.807) is 12.0 Å². The van der Waals surface area contributed by atoms with E-state index in [0.717, 1.165) is 34.2 Å². The van der Waals surface area contributed by atoms with Crippen molar-refractivity contribution in [1.29, 1.82) is 0 Å². The first-order valence-corrected chi connectivity index (χ1v) is 13.0. The number of hydrogen-bond acceptors (Lipinski definition) is 4. The number of hydrogen-bond donors (Lipinski definition) is 1. The number of carbonyl (C=O) groups is 2. The number of methoxy groups -OCH3 is 1. The van der Waals surface area contributed by atoms with Crippen LogP contribution in [0.1, 0.15) is 24.5 Å². The summed E-state index contributed by atoms with van der Waals surface area (Å²) in [6.45, 7) is 3.25. The second-order valence-corrected chi connectivity index (χ2v) is 9.15. The highest BCUT2D eigenvalue weighted by atomic mass is 16.5. The van der Waals surface area contributed by atoms with Gasteiger partial charge in [-0.2, -0.15) is 0 Å². The number of rotatable bonds is 13. The van der Waals surface area contributed by atoms with Crippen LogP contribution in [0.15, 0.2) is 85.1 Å². The van der Waals surface area contributed by atoms with E-state index in [9.17, 15) is 9.59 Å². The first-order valence-electron chi connectivity index (χ1n) is 13.0. The Kier molecular flexibility index (Phi) is 9.40. The zero-order chi connectivity index (χ0) is 26.7. The summed E-state index contributed by atoms with van der Waals surface area (Å²) in [6, 6.07) is 25.1. The molecule has 1 aromatic heterocycles. The van der Waals surface area contributed by atoms with Crippen LogP contribution in [0.4, 0.5) is 0 Å². The highest BCUT2D eigenvalue weighted by Gasteiger charge is 2.22. The second-order valence-electron chi connectivity index (χ2n) is 9.15. The maximum Gasteiger partial charge on any atom is 0.260 e. The minimum atomic E-state index is -0.210. The van der Waals surface area contributed by atoms with Gasteiger partial charge in [0, 0.05) is 42.3 Å². The van der Waals surface area contributed by atoms with Crippen LogP contribution in [0.3, 0.4) is 0 Å². The highest BCUT2D eigenvalue weighted by molar-refractivity contribution is 5.86. The third-order valence-corrected chi connectivity index (χ3v) is 6.51. The molecule has 7 heteroatoms. The summed E-state index contributed by atoms with van der Waals surface area (Å²) < 4.78 is 11.2. The number of nitrogens with zero attached hydrogens (tertiary/aromatic N) is 2. The molecule has 0 aliphatic carbocycles. The highest BCUT2D eigenvalue weighted by Crippen LogP contribution is 2.22. The number of H-pyrrole nitrogens is 1. The Balaban J connectivity index is 1.49. The smallest absolute Gasteiger partial charge is 0.260 e. The number of nitrogens with one attached hydrogen (secondary N) is 1. The Labute approximate surface area is 224 Å². The van der Waals surface area contributed by atoms with Crippen molar-refractivity contribution in [1.82, 2.24) is 14.8 Å². The molecule has 1 N–H and O–H groups in total. The van der Waals surface area contributed by atoms with Gasteiger partial charge in [0.2, 0.25) is 5.91 Å². The summed E-state index contributed by atoms with van der Waals surface area (Å²) in [6.07, 6.45) is 3.43. The number of carbonyl (C=O) groups excluding carboxylic acids is 2. The first-order chi connectivity index (χ1) is 18.6. The third kappa shape index (κ3) is 6.94. The van der Waals surface area contributed by atoms with E-state index in [2.05, 4.69) is 11.1 Å². The predicted molar refractivity (Wildman–Crippen MR) is 149 cm³/mol. The monoisotopic (exact) mass is 513 g/mol. The summed E-state index contributed by atoms with van der Waals surface area (Å²) in [7, 11) is 1.63. The number of aromatic nitrogens is 1. The first kappa shape index (κ1) is 26.8. The minimum Gasteiger partial charge on any atom is -0.496 e. The topological polar surface area (TPSA) is 74.9 Å². The number of amides is 2. The molecule has 2 amide bonds. The van der Waals surface area contributed by atoms with Crippen molar-refractivity contribution in [3.63, 3.8) is 0 Å². The van der Waals surface area contributed by atoms with Crippen molar-refractivity contribution < 1.29 is 19.1 Å². The van der Waals surface area contributed by atoms with Gasteiger partial charge in [-0.3, -0.25) is 9.59 Å². The number of benzene rings is 3. The summed E-state index contributed by atoms with van der Waals surface area (Å²) in [5, 5.41) is 1.15. The van der Waals surface area contributed by atoms with Crippen molar-refractivity contribution in [2.24, 2.45) is 0 Å². The molecule has 0 saturated carbocycles. The van der Waals surface area contributed by atoms with Crippen LogP contribution in [-0.2, 0) is 22.6 Å². The van der Waals surface area contributed by atoms with Gasteiger partial charge in [0.1, 0.15) is 11.5 Å². The molecule has 0 aliphatic heterocycles. The Morgan fingerprint density at radius 2 is 1.55 bits per heavy atom. The molecule has 0 unspecified atom stereocenters. The van der Waals surface area contributed by atoms with Gasteiger partial charge < -0.3 is 24.3 Å². The van der Waals surface area contributed by atoms with Crippen LogP contribution in [-0.4, -0.2) is 59.9 Å². The normalized spacial score (nSPS) is 10.8. The Morgan fingerprint density at radius 3 is 2.34 bits per heavy atom. The minimum absolute atomic E-state index is 0.00609. The van der Waals surface area contributed by atoms with E-state index >= 15 is 0 Å². The van der Waals surface area contributed by atoms with Crippen molar-refractivity contribution in [2.75, 3.05) is 33.4 Å². The maximum absolute atomic E-state index is 13.7. The van der Waals surface area contributed by atoms with Crippen LogP contribution < -0.4 is 9.47 Å². The van der Waals surface area contributed by atoms with Crippen LogP contribution in [0.5, 0.6) is 11.5 Å². The number of fused-ring (bicyclic) bond motifs is 1. The summed E-state index contributed by atoms with van der Waals surface area (Å²) in [5.41, 5.74) is 3.14. The molecule has 3 aromatic carbocycles. The Morgan fingerprint density at radius 1 is 0.816 bits per heavy atom. The van der Waals surface area contributed by atoms with Crippen LogP contribution in [0, 0.1) is 0 Å².